The van der Waals surface area contributed by atoms with Crippen LogP contribution in [-0.2, 0) is 4.79 Å². The Kier molecular flexibility index (Phi) is 5.00. The number of nitrogens with zero attached hydrogens (tertiary/aromatic N) is 3. The van der Waals surface area contributed by atoms with Gasteiger partial charge in [-0.2, -0.15) is 5.26 Å². The Morgan fingerprint density at radius 1 is 1.17 bits per heavy atom. The number of amides is 1. The molecule has 1 aliphatic heterocycles. The van der Waals surface area contributed by atoms with Crippen LogP contribution in [0.1, 0.15) is 38.5 Å². The summed E-state index contributed by atoms with van der Waals surface area (Å²) in [5.74, 6) is 1.12. The first-order valence-corrected chi connectivity index (χ1v) is 7.16. The second-order valence-electron chi connectivity index (χ2n) is 5.50. The van der Waals surface area contributed by atoms with Gasteiger partial charge in [-0.05, 0) is 12.3 Å². The molecule has 4 nitrogen and oxygen atoms in total. The van der Waals surface area contributed by atoms with Gasteiger partial charge in [-0.3, -0.25) is 9.69 Å². The highest BCUT2D eigenvalue weighted by atomic mass is 16.2. The first-order chi connectivity index (χ1) is 8.79. The SMILES string of the molecule is N#CCN1CCN(C(=O)CCC2CCCC2)CC1. The fourth-order valence-electron chi connectivity index (χ4n) is 3.04. The summed E-state index contributed by atoms with van der Waals surface area (Å²) >= 11 is 0. The zero-order valence-electron chi connectivity index (χ0n) is 11.1. The van der Waals surface area contributed by atoms with Gasteiger partial charge < -0.3 is 4.90 Å². The molecule has 1 amide bonds. The second kappa shape index (κ2) is 6.75. The minimum absolute atomic E-state index is 0.318. The number of carbonyl (C=O) groups excluding carboxylic acids is 1. The van der Waals surface area contributed by atoms with E-state index < -0.39 is 0 Å². The second-order valence-corrected chi connectivity index (χ2v) is 5.50. The van der Waals surface area contributed by atoms with E-state index in [0.717, 1.165) is 44.9 Å². The fraction of sp³-hybridized carbons (Fsp3) is 0.857. The minimum Gasteiger partial charge on any atom is -0.340 e. The summed E-state index contributed by atoms with van der Waals surface area (Å²) in [6.07, 6.45) is 7.16. The van der Waals surface area contributed by atoms with Crippen LogP contribution in [0.25, 0.3) is 0 Å². The Hall–Kier alpha value is -1.08. The van der Waals surface area contributed by atoms with Crippen LogP contribution in [0.4, 0.5) is 0 Å². The summed E-state index contributed by atoms with van der Waals surface area (Å²) in [6.45, 7) is 3.78. The molecule has 2 rings (SSSR count). The molecule has 2 fully saturated rings. The number of carbonyl (C=O) groups is 1. The van der Waals surface area contributed by atoms with Crippen molar-refractivity contribution in [1.82, 2.24) is 9.80 Å². The molecule has 1 heterocycles. The molecule has 100 valence electrons. The van der Waals surface area contributed by atoms with E-state index in [-0.39, 0.29) is 0 Å². The number of piperazine rings is 1. The molecule has 0 spiro atoms. The van der Waals surface area contributed by atoms with E-state index >= 15 is 0 Å². The van der Waals surface area contributed by atoms with Crippen LogP contribution in [0.15, 0.2) is 0 Å². The van der Waals surface area contributed by atoms with E-state index in [1.165, 1.54) is 25.7 Å². The molecule has 1 aliphatic carbocycles. The van der Waals surface area contributed by atoms with Crippen molar-refractivity contribution in [3.8, 4) is 6.07 Å². The fourth-order valence-corrected chi connectivity index (χ4v) is 3.04. The molecule has 2 aliphatic rings. The van der Waals surface area contributed by atoms with E-state index in [2.05, 4.69) is 11.0 Å². The highest BCUT2D eigenvalue weighted by Gasteiger charge is 2.22. The van der Waals surface area contributed by atoms with Crippen LogP contribution in [0.3, 0.4) is 0 Å². The lowest BCUT2D eigenvalue weighted by atomic mass is 10.0. The summed E-state index contributed by atoms with van der Waals surface area (Å²) in [5.41, 5.74) is 0. The summed E-state index contributed by atoms with van der Waals surface area (Å²) in [4.78, 5) is 16.1. The van der Waals surface area contributed by atoms with Crippen LogP contribution in [0.5, 0.6) is 0 Å². The highest BCUT2D eigenvalue weighted by molar-refractivity contribution is 5.76. The van der Waals surface area contributed by atoms with Gasteiger partial charge in [0.15, 0.2) is 0 Å². The van der Waals surface area contributed by atoms with Crippen LogP contribution in [-0.4, -0.2) is 48.4 Å². The number of nitriles is 1. The lowest BCUT2D eigenvalue weighted by Crippen LogP contribution is -2.48. The van der Waals surface area contributed by atoms with Gasteiger partial charge in [0, 0.05) is 32.6 Å². The standard InChI is InChI=1S/C14H23N3O/c15-7-8-16-9-11-17(12-10-16)14(18)6-5-13-3-1-2-4-13/h13H,1-6,8-12H2. The van der Waals surface area contributed by atoms with Crippen LogP contribution >= 0.6 is 0 Å². The third kappa shape index (κ3) is 3.71. The molecular weight excluding hydrogens is 226 g/mol. The largest absolute Gasteiger partial charge is 0.340 e. The molecule has 0 unspecified atom stereocenters. The molecule has 0 aromatic carbocycles. The Labute approximate surface area is 110 Å². The lowest BCUT2D eigenvalue weighted by molar-refractivity contribution is -0.133. The van der Waals surface area contributed by atoms with Crippen molar-refractivity contribution in [2.75, 3.05) is 32.7 Å². The van der Waals surface area contributed by atoms with E-state index in [9.17, 15) is 4.79 Å². The van der Waals surface area contributed by atoms with E-state index in [1.54, 1.807) is 0 Å². The first kappa shape index (κ1) is 13.4. The summed E-state index contributed by atoms with van der Waals surface area (Å²) < 4.78 is 0. The molecule has 0 aromatic rings. The first-order valence-electron chi connectivity index (χ1n) is 7.16. The third-order valence-corrected chi connectivity index (χ3v) is 4.26. The van der Waals surface area contributed by atoms with Gasteiger partial charge in [0.05, 0.1) is 12.6 Å². The van der Waals surface area contributed by atoms with Gasteiger partial charge in [-0.15, -0.1) is 0 Å². The average Bonchev–Trinajstić information content (AvgIpc) is 2.90. The quantitative estimate of drug-likeness (QED) is 0.711. The van der Waals surface area contributed by atoms with Gasteiger partial charge in [0.1, 0.15) is 0 Å². The van der Waals surface area contributed by atoms with Crippen molar-refractivity contribution < 1.29 is 4.79 Å². The normalized spacial score (nSPS) is 22.1. The van der Waals surface area contributed by atoms with Crippen molar-refractivity contribution in [2.45, 2.75) is 38.5 Å². The minimum atomic E-state index is 0.318. The summed E-state index contributed by atoms with van der Waals surface area (Å²) in [7, 11) is 0. The molecule has 0 N–H and O–H groups in total. The summed E-state index contributed by atoms with van der Waals surface area (Å²) in [5, 5.41) is 8.63. The molecule has 1 saturated heterocycles. The lowest BCUT2D eigenvalue weighted by Gasteiger charge is -2.33. The smallest absolute Gasteiger partial charge is 0.222 e. The number of hydrogen-bond donors (Lipinski definition) is 0. The predicted molar refractivity (Wildman–Crippen MR) is 69.8 cm³/mol. The van der Waals surface area contributed by atoms with Gasteiger partial charge >= 0.3 is 0 Å². The zero-order chi connectivity index (χ0) is 12.8. The van der Waals surface area contributed by atoms with Gasteiger partial charge in [-0.1, -0.05) is 25.7 Å². The average molecular weight is 249 g/mol. The van der Waals surface area contributed by atoms with Crippen molar-refractivity contribution in [3.05, 3.63) is 0 Å². The van der Waals surface area contributed by atoms with Crippen molar-refractivity contribution in [2.24, 2.45) is 5.92 Å². The molecule has 0 atom stereocenters. The zero-order valence-corrected chi connectivity index (χ0v) is 11.1. The van der Waals surface area contributed by atoms with E-state index in [0.29, 0.717) is 12.5 Å². The third-order valence-electron chi connectivity index (χ3n) is 4.26. The van der Waals surface area contributed by atoms with Gasteiger partial charge in [0.2, 0.25) is 5.91 Å². The maximum absolute atomic E-state index is 12.1. The summed E-state index contributed by atoms with van der Waals surface area (Å²) in [6, 6.07) is 2.17. The Morgan fingerprint density at radius 3 is 2.44 bits per heavy atom. The van der Waals surface area contributed by atoms with Crippen molar-refractivity contribution in [1.29, 1.82) is 5.26 Å². The van der Waals surface area contributed by atoms with Crippen molar-refractivity contribution >= 4 is 5.91 Å². The monoisotopic (exact) mass is 249 g/mol. The molecule has 4 heteroatoms. The van der Waals surface area contributed by atoms with E-state index in [4.69, 9.17) is 5.26 Å². The maximum atomic E-state index is 12.1. The number of hydrogen-bond acceptors (Lipinski definition) is 3. The Balaban J connectivity index is 1.65. The van der Waals surface area contributed by atoms with Gasteiger partial charge in [-0.25, -0.2) is 0 Å². The molecule has 18 heavy (non-hydrogen) atoms. The van der Waals surface area contributed by atoms with Crippen LogP contribution < -0.4 is 0 Å². The molecular formula is C14H23N3O. The number of rotatable bonds is 4. The van der Waals surface area contributed by atoms with Crippen LogP contribution in [0, 0.1) is 17.2 Å². The Bertz CT molecular complexity index is 309. The molecule has 0 aromatic heterocycles. The van der Waals surface area contributed by atoms with E-state index in [1.807, 2.05) is 4.90 Å². The van der Waals surface area contributed by atoms with Crippen molar-refractivity contribution in [3.63, 3.8) is 0 Å². The Morgan fingerprint density at radius 2 is 1.83 bits per heavy atom. The molecule has 0 bridgehead atoms. The topological polar surface area (TPSA) is 47.3 Å². The molecule has 0 radical (unpaired) electrons. The van der Waals surface area contributed by atoms with Gasteiger partial charge in [0.25, 0.3) is 0 Å². The van der Waals surface area contributed by atoms with Crippen LogP contribution in [0.2, 0.25) is 0 Å². The maximum Gasteiger partial charge on any atom is 0.222 e. The highest BCUT2D eigenvalue weighted by Crippen LogP contribution is 2.28. The molecule has 1 saturated carbocycles. The predicted octanol–water partition coefficient (Wildman–Crippen LogP) is 1.62.